The second-order valence-electron chi connectivity index (χ2n) is 9.06. The average Bonchev–Trinajstić information content (AvgIpc) is 2.72. The molecule has 0 aliphatic carbocycles. The largest absolute Gasteiger partial charge is 0.444 e. The molecule has 0 aromatic heterocycles. The summed E-state index contributed by atoms with van der Waals surface area (Å²) in [6, 6.07) is 7.72. The van der Waals surface area contributed by atoms with Crippen LogP contribution in [-0.4, -0.2) is 47.5 Å². The highest BCUT2D eigenvalue weighted by atomic mass is 16.6. The first-order chi connectivity index (χ1) is 15.1. The van der Waals surface area contributed by atoms with E-state index in [1.807, 2.05) is 30.3 Å². The fourth-order valence-electron chi connectivity index (χ4n) is 3.29. The standard InChI is InChI=1S/C25H41N3O4/c1-7-9-14-18-28(23(30)19(3)27-24(31)32-25(4,5)6)21(20-15-12-11-13-16-20)22(29)26-17-10-8-2/h11-13,15-16,19,21H,7-10,14,17-18H2,1-6H3,(H,26,29)(H,27,31). The molecule has 1 aromatic carbocycles. The van der Waals surface area contributed by atoms with Gasteiger partial charge in [0.15, 0.2) is 0 Å². The van der Waals surface area contributed by atoms with E-state index in [9.17, 15) is 14.4 Å². The summed E-state index contributed by atoms with van der Waals surface area (Å²) >= 11 is 0. The van der Waals surface area contributed by atoms with Gasteiger partial charge < -0.3 is 20.3 Å². The van der Waals surface area contributed by atoms with Crippen molar-refractivity contribution >= 4 is 17.9 Å². The second kappa shape index (κ2) is 13.8. The molecule has 2 unspecified atom stereocenters. The predicted molar refractivity (Wildman–Crippen MR) is 127 cm³/mol. The van der Waals surface area contributed by atoms with Crippen molar-refractivity contribution in [2.24, 2.45) is 0 Å². The Bertz CT molecular complexity index is 716. The fourth-order valence-corrected chi connectivity index (χ4v) is 3.29. The van der Waals surface area contributed by atoms with Crippen LogP contribution in [0.1, 0.15) is 85.3 Å². The molecule has 0 fully saturated rings. The highest BCUT2D eigenvalue weighted by Gasteiger charge is 2.34. The van der Waals surface area contributed by atoms with Gasteiger partial charge in [0, 0.05) is 13.1 Å². The molecule has 3 amide bonds. The van der Waals surface area contributed by atoms with Crippen molar-refractivity contribution in [2.75, 3.05) is 13.1 Å². The lowest BCUT2D eigenvalue weighted by Crippen LogP contribution is -2.52. The van der Waals surface area contributed by atoms with Crippen molar-refractivity contribution in [3.63, 3.8) is 0 Å². The van der Waals surface area contributed by atoms with Gasteiger partial charge in [-0.2, -0.15) is 0 Å². The number of nitrogens with zero attached hydrogens (tertiary/aromatic N) is 1. The summed E-state index contributed by atoms with van der Waals surface area (Å²) in [5.74, 6) is -0.523. The van der Waals surface area contributed by atoms with Crippen LogP contribution in [-0.2, 0) is 14.3 Å². The molecule has 0 saturated heterocycles. The molecule has 0 saturated carbocycles. The van der Waals surface area contributed by atoms with Gasteiger partial charge in [-0.05, 0) is 46.1 Å². The Morgan fingerprint density at radius 3 is 2.19 bits per heavy atom. The smallest absolute Gasteiger partial charge is 0.408 e. The molecule has 0 aliphatic rings. The number of alkyl carbamates (subject to hydrolysis) is 1. The van der Waals surface area contributed by atoms with Crippen LogP contribution < -0.4 is 10.6 Å². The van der Waals surface area contributed by atoms with Gasteiger partial charge in [-0.1, -0.05) is 63.4 Å². The van der Waals surface area contributed by atoms with Crippen molar-refractivity contribution in [2.45, 2.75) is 91.3 Å². The van der Waals surface area contributed by atoms with Crippen LogP contribution in [0.4, 0.5) is 4.79 Å². The molecule has 7 nitrogen and oxygen atoms in total. The lowest BCUT2D eigenvalue weighted by atomic mass is 10.0. The topological polar surface area (TPSA) is 87.7 Å². The van der Waals surface area contributed by atoms with E-state index in [4.69, 9.17) is 4.74 Å². The molecule has 1 rings (SSSR count). The first-order valence-corrected chi connectivity index (χ1v) is 11.7. The number of benzene rings is 1. The van der Waals surface area contributed by atoms with Crippen LogP contribution in [0.3, 0.4) is 0 Å². The molecule has 180 valence electrons. The van der Waals surface area contributed by atoms with Crippen molar-refractivity contribution in [1.82, 2.24) is 15.5 Å². The van der Waals surface area contributed by atoms with Gasteiger partial charge in [0.1, 0.15) is 17.7 Å². The zero-order valence-electron chi connectivity index (χ0n) is 20.6. The van der Waals surface area contributed by atoms with Crippen molar-refractivity contribution < 1.29 is 19.1 Å². The maximum atomic E-state index is 13.5. The number of amides is 3. The van der Waals surface area contributed by atoms with E-state index in [0.29, 0.717) is 13.1 Å². The Kier molecular flexibility index (Phi) is 11.8. The first kappa shape index (κ1) is 27.5. The fraction of sp³-hybridized carbons (Fsp3) is 0.640. The van der Waals surface area contributed by atoms with Crippen LogP contribution >= 0.6 is 0 Å². The number of hydrogen-bond acceptors (Lipinski definition) is 4. The number of hydrogen-bond donors (Lipinski definition) is 2. The van der Waals surface area contributed by atoms with E-state index in [0.717, 1.165) is 37.7 Å². The van der Waals surface area contributed by atoms with Gasteiger partial charge in [0.2, 0.25) is 11.8 Å². The average molecular weight is 448 g/mol. The molecule has 2 atom stereocenters. The summed E-state index contributed by atoms with van der Waals surface area (Å²) in [4.78, 5) is 40.5. The maximum absolute atomic E-state index is 13.5. The van der Waals surface area contributed by atoms with E-state index >= 15 is 0 Å². The number of carbonyl (C=O) groups is 3. The lowest BCUT2D eigenvalue weighted by Gasteiger charge is -2.33. The van der Waals surface area contributed by atoms with Crippen LogP contribution in [0, 0.1) is 0 Å². The molecule has 1 aromatic rings. The van der Waals surface area contributed by atoms with E-state index in [1.54, 1.807) is 32.6 Å². The third-order valence-electron chi connectivity index (χ3n) is 4.89. The SMILES string of the molecule is CCCCCN(C(=O)C(C)NC(=O)OC(C)(C)C)C(C(=O)NCCCC)c1ccccc1. The predicted octanol–water partition coefficient (Wildman–Crippen LogP) is 4.58. The molecule has 32 heavy (non-hydrogen) atoms. The van der Waals surface area contributed by atoms with Crippen molar-refractivity contribution in [3.8, 4) is 0 Å². The normalized spacial score (nSPS) is 13.1. The minimum absolute atomic E-state index is 0.209. The van der Waals surface area contributed by atoms with Crippen LogP contribution in [0.5, 0.6) is 0 Å². The van der Waals surface area contributed by atoms with Crippen LogP contribution in [0.2, 0.25) is 0 Å². The van der Waals surface area contributed by atoms with Gasteiger partial charge in [-0.3, -0.25) is 9.59 Å². The van der Waals surface area contributed by atoms with E-state index in [-0.39, 0.29) is 11.8 Å². The monoisotopic (exact) mass is 447 g/mol. The molecule has 0 heterocycles. The van der Waals surface area contributed by atoms with Crippen LogP contribution in [0.15, 0.2) is 30.3 Å². The number of unbranched alkanes of at least 4 members (excludes halogenated alkanes) is 3. The Balaban J connectivity index is 3.16. The van der Waals surface area contributed by atoms with Gasteiger partial charge in [0.05, 0.1) is 0 Å². The van der Waals surface area contributed by atoms with E-state index in [2.05, 4.69) is 24.5 Å². The molecular formula is C25H41N3O4. The zero-order valence-corrected chi connectivity index (χ0v) is 20.6. The van der Waals surface area contributed by atoms with Crippen molar-refractivity contribution in [1.29, 1.82) is 0 Å². The number of rotatable bonds is 12. The van der Waals surface area contributed by atoms with Crippen LogP contribution in [0.25, 0.3) is 0 Å². The minimum atomic E-state index is -0.832. The number of ether oxygens (including phenoxy) is 1. The van der Waals surface area contributed by atoms with Gasteiger partial charge in [-0.15, -0.1) is 0 Å². The summed E-state index contributed by atoms with van der Waals surface area (Å²) in [5, 5.41) is 5.59. The molecule has 0 aliphatic heterocycles. The third-order valence-corrected chi connectivity index (χ3v) is 4.89. The first-order valence-electron chi connectivity index (χ1n) is 11.7. The summed E-state index contributed by atoms with van der Waals surface area (Å²) in [6.45, 7) is 12.0. The maximum Gasteiger partial charge on any atom is 0.408 e. The highest BCUT2D eigenvalue weighted by molar-refractivity contribution is 5.91. The van der Waals surface area contributed by atoms with Gasteiger partial charge in [-0.25, -0.2) is 4.79 Å². The van der Waals surface area contributed by atoms with Gasteiger partial charge in [0.25, 0.3) is 0 Å². The molecule has 2 N–H and O–H groups in total. The van der Waals surface area contributed by atoms with E-state index in [1.165, 1.54) is 0 Å². The molecule has 0 bridgehead atoms. The molecule has 0 spiro atoms. The highest BCUT2D eigenvalue weighted by Crippen LogP contribution is 2.23. The summed E-state index contributed by atoms with van der Waals surface area (Å²) in [5.41, 5.74) is 0.0789. The second-order valence-corrected chi connectivity index (χ2v) is 9.06. The lowest BCUT2D eigenvalue weighted by molar-refractivity contribution is -0.142. The molecular weight excluding hydrogens is 406 g/mol. The number of nitrogens with one attached hydrogen (secondary N) is 2. The Morgan fingerprint density at radius 2 is 1.62 bits per heavy atom. The molecule has 0 radical (unpaired) electrons. The Labute approximate surface area is 193 Å². The summed E-state index contributed by atoms with van der Waals surface area (Å²) < 4.78 is 5.29. The third kappa shape index (κ3) is 9.71. The Hall–Kier alpha value is -2.57. The zero-order chi connectivity index (χ0) is 24.1. The minimum Gasteiger partial charge on any atom is -0.444 e. The Morgan fingerprint density at radius 1 is 1.00 bits per heavy atom. The molecule has 7 heteroatoms. The summed E-state index contributed by atoms with van der Waals surface area (Å²) in [7, 11) is 0. The van der Waals surface area contributed by atoms with Crippen molar-refractivity contribution in [3.05, 3.63) is 35.9 Å². The summed E-state index contributed by atoms with van der Waals surface area (Å²) in [6.07, 6.45) is 3.88. The quantitative estimate of drug-likeness (QED) is 0.459. The number of carbonyl (C=O) groups excluding carboxylic acids is 3. The van der Waals surface area contributed by atoms with E-state index < -0.39 is 23.8 Å². The van der Waals surface area contributed by atoms with Gasteiger partial charge >= 0.3 is 6.09 Å².